The molecule has 0 atom stereocenters. The molecule has 6 heteroatoms. The maximum absolute atomic E-state index is 12.4. The second kappa shape index (κ2) is 5.50. The molecular formula is C12H14F3NOS. The Balaban J connectivity index is 1.85. The Morgan fingerprint density at radius 3 is 2.39 bits per heavy atom. The summed E-state index contributed by atoms with van der Waals surface area (Å²) in [6.07, 6.45) is -2.14. The van der Waals surface area contributed by atoms with E-state index in [9.17, 15) is 13.2 Å². The summed E-state index contributed by atoms with van der Waals surface area (Å²) >= 11 is 1.35. The van der Waals surface area contributed by atoms with E-state index in [4.69, 9.17) is 4.18 Å². The highest BCUT2D eigenvalue weighted by molar-refractivity contribution is 7.93. The number of nitrogens with zero attached hydrogens (tertiary/aromatic N) is 1. The Bertz CT molecular complexity index is 387. The maximum atomic E-state index is 12.4. The van der Waals surface area contributed by atoms with Gasteiger partial charge in [0.05, 0.1) is 11.7 Å². The first-order valence-electron chi connectivity index (χ1n) is 5.57. The third-order valence-electron chi connectivity index (χ3n) is 2.84. The van der Waals surface area contributed by atoms with Crippen molar-refractivity contribution in [3.05, 3.63) is 35.4 Å². The first-order valence-corrected chi connectivity index (χ1v) is 6.72. The van der Waals surface area contributed by atoms with Crippen LogP contribution in [0.3, 0.4) is 0 Å². The van der Waals surface area contributed by atoms with E-state index in [1.165, 1.54) is 24.2 Å². The summed E-state index contributed by atoms with van der Waals surface area (Å²) in [7, 11) is 0. The summed E-state index contributed by atoms with van der Waals surface area (Å²) in [5.74, 6) is 0. The van der Waals surface area contributed by atoms with Crippen LogP contribution in [0.1, 0.15) is 11.1 Å². The summed E-state index contributed by atoms with van der Waals surface area (Å²) in [6, 6.07) is 5.33. The third-order valence-corrected chi connectivity index (χ3v) is 3.31. The zero-order valence-electron chi connectivity index (χ0n) is 9.91. The topological polar surface area (TPSA) is 12.5 Å². The van der Waals surface area contributed by atoms with Gasteiger partial charge in [0.25, 0.3) is 0 Å². The fourth-order valence-electron chi connectivity index (χ4n) is 1.91. The molecule has 18 heavy (non-hydrogen) atoms. The molecule has 0 radical (unpaired) electrons. The van der Waals surface area contributed by atoms with E-state index in [0.29, 0.717) is 6.54 Å². The summed E-state index contributed by atoms with van der Waals surface area (Å²) in [5, 5.41) is 0. The number of halogens is 3. The first-order chi connectivity index (χ1) is 8.49. The van der Waals surface area contributed by atoms with Crippen molar-refractivity contribution < 1.29 is 17.4 Å². The molecular weight excluding hydrogens is 263 g/mol. The molecule has 0 bridgehead atoms. The molecule has 1 saturated heterocycles. The van der Waals surface area contributed by atoms with Crippen LogP contribution in [0.15, 0.2) is 24.3 Å². The smallest absolute Gasteiger partial charge is 0.310 e. The summed E-state index contributed by atoms with van der Waals surface area (Å²) in [6.45, 7) is 2.34. The van der Waals surface area contributed by atoms with Gasteiger partial charge in [-0.1, -0.05) is 12.1 Å². The van der Waals surface area contributed by atoms with Crippen molar-refractivity contribution in [3.8, 4) is 0 Å². The number of likely N-dealkylation sites (tertiary alicyclic amines) is 1. The van der Waals surface area contributed by atoms with Crippen LogP contribution in [0.5, 0.6) is 0 Å². The van der Waals surface area contributed by atoms with Gasteiger partial charge in [0, 0.05) is 25.9 Å². The zero-order valence-corrected chi connectivity index (χ0v) is 10.7. The lowest BCUT2D eigenvalue weighted by Crippen LogP contribution is -2.50. The van der Waals surface area contributed by atoms with E-state index < -0.39 is 11.7 Å². The van der Waals surface area contributed by atoms with E-state index in [0.717, 1.165) is 30.8 Å². The van der Waals surface area contributed by atoms with Crippen LogP contribution in [-0.2, 0) is 16.9 Å². The van der Waals surface area contributed by atoms with E-state index in [1.807, 2.05) is 6.26 Å². The highest BCUT2D eigenvalue weighted by atomic mass is 32.2. The summed E-state index contributed by atoms with van der Waals surface area (Å²) < 4.78 is 42.4. The molecule has 100 valence electrons. The van der Waals surface area contributed by atoms with Gasteiger partial charge in [-0.25, -0.2) is 0 Å². The molecule has 1 aromatic rings. The Labute approximate surface area is 108 Å². The number of hydrogen-bond acceptors (Lipinski definition) is 3. The van der Waals surface area contributed by atoms with E-state index in [1.54, 1.807) is 0 Å². The molecule has 0 aliphatic carbocycles. The zero-order chi connectivity index (χ0) is 13.2. The van der Waals surface area contributed by atoms with E-state index >= 15 is 0 Å². The number of benzene rings is 1. The van der Waals surface area contributed by atoms with Gasteiger partial charge in [-0.3, -0.25) is 4.90 Å². The Morgan fingerprint density at radius 2 is 1.89 bits per heavy atom. The van der Waals surface area contributed by atoms with Gasteiger partial charge in [-0.15, -0.1) is 0 Å². The van der Waals surface area contributed by atoms with Gasteiger partial charge in [0.15, 0.2) is 0 Å². The van der Waals surface area contributed by atoms with Crippen LogP contribution in [0, 0.1) is 0 Å². The Morgan fingerprint density at radius 1 is 1.28 bits per heavy atom. The molecule has 0 unspecified atom stereocenters. The van der Waals surface area contributed by atoms with E-state index in [-0.39, 0.29) is 6.10 Å². The molecule has 1 heterocycles. The molecule has 2 rings (SSSR count). The van der Waals surface area contributed by atoms with Gasteiger partial charge in [-0.2, -0.15) is 13.2 Å². The maximum Gasteiger partial charge on any atom is 0.416 e. The van der Waals surface area contributed by atoms with Gasteiger partial charge in [-0.05, 0) is 29.7 Å². The molecule has 0 aromatic heterocycles. The number of alkyl halides is 3. The molecule has 1 aromatic carbocycles. The minimum Gasteiger partial charge on any atom is -0.310 e. The predicted molar refractivity (Wildman–Crippen MR) is 65.1 cm³/mol. The van der Waals surface area contributed by atoms with Crippen LogP contribution in [0.4, 0.5) is 13.2 Å². The van der Waals surface area contributed by atoms with Gasteiger partial charge in [0.2, 0.25) is 0 Å². The number of rotatable bonds is 4. The van der Waals surface area contributed by atoms with Gasteiger partial charge < -0.3 is 4.18 Å². The lowest BCUT2D eigenvalue weighted by molar-refractivity contribution is -0.137. The molecule has 1 aliphatic rings. The molecule has 1 aliphatic heterocycles. The lowest BCUT2D eigenvalue weighted by Gasteiger charge is -2.38. The quantitative estimate of drug-likeness (QED) is 0.784. The van der Waals surface area contributed by atoms with Crippen molar-refractivity contribution in [1.82, 2.24) is 4.90 Å². The molecule has 1 fully saturated rings. The lowest BCUT2D eigenvalue weighted by atomic mass is 10.1. The first kappa shape index (κ1) is 13.7. The molecule has 0 N–H and O–H groups in total. The Hall–Kier alpha value is -0.720. The monoisotopic (exact) mass is 277 g/mol. The van der Waals surface area contributed by atoms with Crippen LogP contribution >= 0.6 is 12.0 Å². The third kappa shape index (κ3) is 3.40. The molecule has 2 nitrogen and oxygen atoms in total. The van der Waals surface area contributed by atoms with Crippen molar-refractivity contribution in [3.63, 3.8) is 0 Å². The van der Waals surface area contributed by atoms with E-state index in [2.05, 4.69) is 4.90 Å². The van der Waals surface area contributed by atoms with Crippen LogP contribution in [0.25, 0.3) is 0 Å². The predicted octanol–water partition coefficient (Wildman–Crippen LogP) is 3.18. The second-order valence-electron chi connectivity index (χ2n) is 4.27. The van der Waals surface area contributed by atoms with Crippen molar-refractivity contribution >= 4 is 12.0 Å². The largest absolute Gasteiger partial charge is 0.416 e. The SMILES string of the molecule is CSOC1CN(Cc2ccc(C(F)(F)F)cc2)C1. The molecule has 0 saturated carbocycles. The van der Waals surface area contributed by atoms with Crippen LogP contribution in [-0.4, -0.2) is 30.3 Å². The minimum absolute atomic E-state index is 0.245. The Kier molecular flexibility index (Phi) is 4.19. The summed E-state index contributed by atoms with van der Waals surface area (Å²) in [5.41, 5.74) is 0.295. The summed E-state index contributed by atoms with van der Waals surface area (Å²) in [4.78, 5) is 2.14. The minimum atomic E-state index is -4.26. The van der Waals surface area contributed by atoms with Crippen molar-refractivity contribution in [2.45, 2.75) is 18.8 Å². The van der Waals surface area contributed by atoms with Gasteiger partial charge >= 0.3 is 6.18 Å². The highest BCUT2D eigenvalue weighted by Crippen LogP contribution is 2.29. The second-order valence-corrected chi connectivity index (χ2v) is 4.80. The van der Waals surface area contributed by atoms with Gasteiger partial charge in [0.1, 0.15) is 0 Å². The van der Waals surface area contributed by atoms with Crippen molar-refractivity contribution in [1.29, 1.82) is 0 Å². The van der Waals surface area contributed by atoms with Crippen LogP contribution in [0.2, 0.25) is 0 Å². The van der Waals surface area contributed by atoms with Crippen LogP contribution < -0.4 is 0 Å². The number of hydrogen-bond donors (Lipinski definition) is 0. The fraction of sp³-hybridized carbons (Fsp3) is 0.500. The fourth-order valence-corrected chi connectivity index (χ4v) is 2.30. The molecule has 0 amide bonds. The van der Waals surface area contributed by atoms with Crippen molar-refractivity contribution in [2.24, 2.45) is 0 Å². The van der Waals surface area contributed by atoms with Crippen molar-refractivity contribution in [2.75, 3.05) is 19.3 Å². The normalized spacial score (nSPS) is 17.8. The highest BCUT2D eigenvalue weighted by Gasteiger charge is 2.30. The average Bonchev–Trinajstić information content (AvgIpc) is 2.26. The molecule has 0 spiro atoms. The average molecular weight is 277 g/mol. The standard InChI is InChI=1S/C12H14F3NOS/c1-18-17-11-7-16(8-11)6-9-2-4-10(5-3-9)12(13,14)15/h2-5,11H,6-8H2,1H3.